The van der Waals surface area contributed by atoms with Gasteiger partial charge in [-0.1, -0.05) is 30.3 Å². The van der Waals surface area contributed by atoms with Crippen molar-refractivity contribution in [1.29, 1.82) is 0 Å². The molecule has 0 fully saturated rings. The Kier molecular flexibility index (Phi) is 4.90. The third-order valence-corrected chi connectivity index (χ3v) is 3.47. The van der Waals surface area contributed by atoms with Gasteiger partial charge in [-0.05, 0) is 30.2 Å². The highest BCUT2D eigenvalue weighted by molar-refractivity contribution is 5.39. The lowest BCUT2D eigenvalue weighted by molar-refractivity contribution is -0.384. The average Bonchev–Trinajstić information content (AvgIpc) is 2.52. The maximum atomic E-state index is 10.8. The van der Waals surface area contributed by atoms with E-state index in [9.17, 15) is 10.1 Å². The van der Waals surface area contributed by atoms with E-state index in [2.05, 4.69) is 0 Å². The number of nitrogens with zero attached hydrogens (tertiary/aromatic N) is 1. The van der Waals surface area contributed by atoms with Gasteiger partial charge in [0, 0.05) is 18.1 Å². The Morgan fingerprint density at radius 2 is 2.00 bits per heavy atom. The number of methoxy groups -OCH3 is 1. The maximum absolute atomic E-state index is 10.8. The van der Waals surface area contributed by atoms with Gasteiger partial charge in [0.05, 0.1) is 12.0 Å². The predicted molar refractivity (Wildman–Crippen MR) is 81.6 cm³/mol. The number of hydrogen-bond donors (Lipinski definition) is 1. The topological polar surface area (TPSA) is 78.4 Å². The predicted octanol–water partition coefficient (Wildman–Crippen LogP) is 2.89. The zero-order chi connectivity index (χ0) is 15.2. The highest BCUT2D eigenvalue weighted by atomic mass is 16.6. The first-order valence-corrected chi connectivity index (χ1v) is 6.72. The molecular weight excluding hydrogens is 268 g/mol. The number of nitro groups is 1. The molecule has 1 atom stereocenters. The van der Waals surface area contributed by atoms with Crippen LogP contribution in [0.3, 0.4) is 0 Å². The molecule has 5 heteroatoms. The molecule has 0 aromatic heterocycles. The molecule has 2 rings (SSSR count). The number of nitrogens with two attached hydrogens (primary N) is 1. The molecule has 110 valence electrons. The summed E-state index contributed by atoms with van der Waals surface area (Å²) in [7, 11) is 1.62. The van der Waals surface area contributed by atoms with Crippen LogP contribution >= 0.6 is 0 Å². The number of para-hydroxylation sites is 1. The first kappa shape index (κ1) is 15.0. The summed E-state index contributed by atoms with van der Waals surface area (Å²) in [5, 5.41) is 10.8. The first-order chi connectivity index (χ1) is 10.2. The van der Waals surface area contributed by atoms with Gasteiger partial charge in [-0.2, -0.15) is 0 Å². The fraction of sp³-hybridized carbons (Fsp3) is 0.250. The minimum absolute atomic E-state index is 0.0585. The van der Waals surface area contributed by atoms with E-state index in [-0.39, 0.29) is 16.5 Å². The number of benzene rings is 2. The van der Waals surface area contributed by atoms with Crippen LogP contribution in [0.15, 0.2) is 48.5 Å². The van der Waals surface area contributed by atoms with Gasteiger partial charge >= 0.3 is 0 Å². The summed E-state index contributed by atoms with van der Waals surface area (Å²) in [6.45, 7) is 0.447. The molecule has 0 radical (unpaired) electrons. The molecule has 0 bridgehead atoms. The average molecular weight is 286 g/mol. The molecule has 5 nitrogen and oxygen atoms in total. The zero-order valence-electron chi connectivity index (χ0n) is 11.9. The smallest absolute Gasteiger partial charge is 0.269 e. The van der Waals surface area contributed by atoms with Crippen LogP contribution in [0.2, 0.25) is 0 Å². The summed E-state index contributed by atoms with van der Waals surface area (Å²) in [5.74, 6) is 0.849. The molecule has 0 aliphatic rings. The maximum Gasteiger partial charge on any atom is 0.269 e. The lowest BCUT2D eigenvalue weighted by Crippen LogP contribution is -2.16. The SMILES string of the molecule is COc1ccccc1C(CN)Cc1cccc([N+](=O)[O-])c1. The van der Waals surface area contributed by atoms with E-state index in [4.69, 9.17) is 10.5 Å². The van der Waals surface area contributed by atoms with Crippen molar-refractivity contribution in [2.45, 2.75) is 12.3 Å². The van der Waals surface area contributed by atoms with E-state index in [0.717, 1.165) is 16.9 Å². The summed E-state index contributed by atoms with van der Waals surface area (Å²) in [4.78, 5) is 10.5. The fourth-order valence-electron chi connectivity index (χ4n) is 2.41. The summed E-state index contributed by atoms with van der Waals surface area (Å²) < 4.78 is 5.36. The van der Waals surface area contributed by atoms with E-state index >= 15 is 0 Å². The fourth-order valence-corrected chi connectivity index (χ4v) is 2.41. The van der Waals surface area contributed by atoms with Crippen molar-refractivity contribution in [2.75, 3.05) is 13.7 Å². The van der Waals surface area contributed by atoms with Crippen LogP contribution in [-0.2, 0) is 6.42 Å². The highest BCUT2D eigenvalue weighted by Gasteiger charge is 2.16. The third kappa shape index (κ3) is 3.58. The molecule has 0 aliphatic carbocycles. The van der Waals surface area contributed by atoms with Crippen LogP contribution in [0, 0.1) is 10.1 Å². The van der Waals surface area contributed by atoms with Gasteiger partial charge in [-0.3, -0.25) is 10.1 Å². The number of non-ortho nitro benzene ring substituents is 1. The Hall–Kier alpha value is -2.40. The van der Waals surface area contributed by atoms with Gasteiger partial charge < -0.3 is 10.5 Å². The molecule has 21 heavy (non-hydrogen) atoms. The van der Waals surface area contributed by atoms with Crippen molar-refractivity contribution in [1.82, 2.24) is 0 Å². The van der Waals surface area contributed by atoms with Crippen molar-refractivity contribution in [2.24, 2.45) is 5.73 Å². The monoisotopic (exact) mass is 286 g/mol. The van der Waals surface area contributed by atoms with E-state index in [0.29, 0.717) is 13.0 Å². The highest BCUT2D eigenvalue weighted by Crippen LogP contribution is 2.29. The van der Waals surface area contributed by atoms with Gasteiger partial charge in [0.25, 0.3) is 5.69 Å². The summed E-state index contributed by atoms with van der Waals surface area (Å²) in [5.41, 5.74) is 7.90. The molecule has 2 N–H and O–H groups in total. The van der Waals surface area contributed by atoms with Crippen LogP contribution in [0.5, 0.6) is 5.75 Å². The van der Waals surface area contributed by atoms with Gasteiger partial charge in [-0.15, -0.1) is 0 Å². The molecule has 0 saturated heterocycles. The minimum atomic E-state index is -0.385. The summed E-state index contributed by atoms with van der Waals surface area (Å²) in [6, 6.07) is 14.4. The lowest BCUT2D eigenvalue weighted by Gasteiger charge is -2.18. The Morgan fingerprint density at radius 3 is 2.67 bits per heavy atom. The van der Waals surface area contributed by atoms with Crippen molar-refractivity contribution >= 4 is 5.69 Å². The Bertz CT molecular complexity index is 628. The van der Waals surface area contributed by atoms with Crippen LogP contribution in [0.4, 0.5) is 5.69 Å². The number of ether oxygens (including phenoxy) is 1. The van der Waals surface area contributed by atoms with Crippen molar-refractivity contribution in [3.63, 3.8) is 0 Å². The lowest BCUT2D eigenvalue weighted by atomic mass is 9.91. The second-order valence-electron chi connectivity index (χ2n) is 4.81. The second-order valence-corrected chi connectivity index (χ2v) is 4.81. The summed E-state index contributed by atoms with van der Waals surface area (Å²) >= 11 is 0. The Morgan fingerprint density at radius 1 is 1.24 bits per heavy atom. The first-order valence-electron chi connectivity index (χ1n) is 6.72. The van der Waals surface area contributed by atoms with Gasteiger partial charge in [0.2, 0.25) is 0 Å². The normalized spacial score (nSPS) is 11.9. The largest absolute Gasteiger partial charge is 0.496 e. The van der Waals surface area contributed by atoms with E-state index < -0.39 is 0 Å². The third-order valence-electron chi connectivity index (χ3n) is 3.47. The number of hydrogen-bond acceptors (Lipinski definition) is 4. The molecule has 0 aliphatic heterocycles. The van der Waals surface area contributed by atoms with Crippen LogP contribution in [0.25, 0.3) is 0 Å². The molecule has 0 amide bonds. The van der Waals surface area contributed by atoms with E-state index in [1.54, 1.807) is 19.2 Å². The molecule has 0 spiro atoms. The molecule has 1 unspecified atom stereocenters. The van der Waals surface area contributed by atoms with Gasteiger partial charge in [0.15, 0.2) is 0 Å². The second kappa shape index (κ2) is 6.85. The molecular formula is C16H18N2O3. The summed E-state index contributed by atoms with van der Waals surface area (Å²) in [6.07, 6.45) is 0.637. The van der Waals surface area contributed by atoms with Gasteiger partial charge in [0.1, 0.15) is 5.75 Å². The van der Waals surface area contributed by atoms with Crippen LogP contribution < -0.4 is 10.5 Å². The molecule has 0 saturated carbocycles. The van der Waals surface area contributed by atoms with Gasteiger partial charge in [-0.25, -0.2) is 0 Å². The van der Waals surface area contributed by atoms with E-state index in [1.807, 2.05) is 30.3 Å². The Balaban J connectivity index is 2.27. The van der Waals surface area contributed by atoms with E-state index in [1.165, 1.54) is 6.07 Å². The molecule has 0 heterocycles. The Labute approximate surface area is 123 Å². The van der Waals surface area contributed by atoms with Crippen LogP contribution in [0.1, 0.15) is 17.0 Å². The van der Waals surface area contributed by atoms with Crippen molar-refractivity contribution < 1.29 is 9.66 Å². The molecule has 2 aromatic rings. The van der Waals surface area contributed by atoms with Crippen molar-refractivity contribution in [3.8, 4) is 5.75 Å². The molecule has 2 aromatic carbocycles. The quantitative estimate of drug-likeness (QED) is 0.654. The zero-order valence-corrected chi connectivity index (χ0v) is 11.9. The van der Waals surface area contributed by atoms with Crippen LogP contribution in [-0.4, -0.2) is 18.6 Å². The van der Waals surface area contributed by atoms with Crippen molar-refractivity contribution in [3.05, 3.63) is 69.8 Å². The number of rotatable bonds is 6. The number of nitro benzene ring substituents is 1. The minimum Gasteiger partial charge on any atom is -0.496 e. The standard InChI is InChI=1S/C16H18N2O3/c1-21-16-8-3-2-7-15(16)13(11-17)9-12-5-4-6-14(10-12)18(19)20/h2-8,10,13H,9,11,17H2,1H3.